The van der Waals surface area contributed by atoms with Crippen molar-refractivity contribution < 1.29 is 4.74 Å². The highest BCUT2D eigenvalue weighted by Gasteiger charge is 2.50. The van der Waals surface area contributed by atoms with E-state index in [1.54, 1.807) is 0 Å². The van der Waals surface area contributed by atoms with Gasteiger partial charge in [0, 0.05) is 17.9 Å². The van der Waals surface area contributed by atoms with Crippen LogP contribution in [0.15, 0.2) is 0 Å². The summed E-state index contributed by atoms with van der Waals surface area (Å²) in [5.41, 5.74) is 0.358. The van der Waals surface area contributed by atoms with Gasteiger partial charge in [-0.3, -0.25) is 0 Å². The first-order chi connectivity index (χ1) is 5.77. The summed E-state index contributed by atoms with van der Waals surface area (Å²) in [5.74, 6) is 2.44. The van der Waals surface area contributed by atoms with E-state index in [2.05, 4.69) is 6.92 Å². The molecule has 2 unspecified atom stereocenters. The van der Waals surface area contributed by atoms with Crippen LogP contribution in [-0.2, 0) is 4.74 Å². The lowest BCUT2D eigenvalue weighted by Gasteiger charge is -2.12. The minimum absolute atomic E-state index is 0.358. The van der Waals surface area contributed by atoms with Crippen molar-refractivity contribution in [1.29, 1.82) is 0 Å². The Morgan fingerprint density at radius 2 is 2.17 bits per heavy atom. The van der Waals surface area contributed by atoms with Crippen LogP contribution in [-0.4, -0.2) is 19.1 Å². The molecule has 12 heavy (non-hydrogen) atoms. The second kappa shape index (κ2) is 3.19. The van der Waals surface area contributed by atoms with Crippen molar-refractivity contribution in [3.63, 3.8) is 0 Å². The molecule has 1 nitrogen and oxygen atoms in total. The third-order valence-corrected chi connectivity index (χ3v) is 3.84. The molecule has 2 aliphatic rings. The number of alkyl halides is 1. The van der Waals surface area contributed by atoms with E-state index < -0.39 is 0 Å². The third kappa shape index (κ3) is 1.77. The van der Waals surface area contributed by atoms with E-state index in [0.29, 0.717) is 5.41 Å². The topological polar surface area (TPSA) is 9.23 Å². The Hall–Kier alpha value is 0.250. The van der Waals surface area contributed by atoms with Gasteiger partial charge in [0.25, 0.3) is 0 Å². The highest BCUT2D eigenvalue weighted by Crippen LogP contribution is 2.53. The predicted molar refractivity (Wildman–Crippen MR) is 50.5 cm³/mol. The fourth-order valence-electron chi connectivity index (χ4n) is 1.69. The lowest BCUT2D eigenvalue weighted by atomic mass is 10.1. The summed E-state index contributed by atoms with van der Waals surface area (Å²) in [6, 6.07) is 0. The molecule has 2 fully saturated rings. The summed E-state index contributed by atoms with van der Waals surface area (Å²) in [4.78, 5) is 0. The van der Waals surface area contributed by atoms with Crippen LogP contribution in [0.3, 0.4) is 0 Å². The molecule has 2 aliphatic carbocycles. The molecular weight excluding hydrogens is 172 g/mol. The molecule has 0 aromatic carbocycles. The molecule has 0 radical (unpaired) electrons. The van der Waals surface area contributed by atoms with Gasteiger partial charge in [-0.15, -0.1) is 11.6 Å². The van der Waals surface area contributed by atoms with Crippen LogP contribution in [0.2, 0.25) is 0 Å². The van der Waals surface area contributed by atoms with Crippen LogP contribution in [0.5, 0.6) is 0 Å². The summed E-state index contributed by atoms with van der Waals surface area (Å²) in [7, 11) is 0. The Balaban J connectivity index is 1.64. The molecule has 0 spiro atoms. The van der Waals surface area contributed by atoms with E-state index in [1.165, 1.54) is 19.3 Å². The molecule has 0 heterocycles. The first kappa shape index (κ1) is 8.83. The van der Waals surface area contributed by atoms with Gasteiger partial charge >= 0.3 is 0 Å². The highest BCUT2D eigenvalue weighted by atomic mass is 35.5. The van der Waals surface area contributed by atoms with E-state index in [4.69, 9.17) is 16.3 Å². The Morgan fingerprint density at radius 3 is 2.58 bits per heavy atom. The second-order valence-electron chi connectivity index (χ2n) is 4.56. The summed E-state index contributed by atoms with van der Waals surface area (Å²) in [6.45, 7) is 4.14. The zero-order chi connectivity index (χ0) is 8.60. The molecular formula is C10H17ClO. The van der Waals surface area contributed by atoms with Crippen LogP contribution in [0, 0.1) is 17.3 Å². The van der Waals surface area contributed by atoms with Gasteiger partial charge in [-0.25, -0.2) is 0 Å². The Morgan fingerprint density at radius 1 is 1.50 bits per heavy atom. The van der Waals surface area contributed by atoms with E-state index in [9.17, 15) is 0 Å². The SMILES string of the molecule is CC1CC1(CCl)COCC1CC1. The molecule has 0 amide bonds. The number of rotatable bonds is 5. The van der Waals surface area contributed by atoms with Crippen LogP contribution in [0.25, 0.3) is 0 Å². The van der Waals surface area contributed by atoms with Crippen LogP contribution < -0.4 is 0 Å². The normalized spacial score (nSPS) is 40.0. The van der Waals surface area contributed by atoms with Gasteiger partial charge in [0.15, 0.2) is 0 Å². The Labute approximate surface area is 79.4 Å². The van der Waals surface area contributed by atoms with E-state index >= 15 is 0 Å². The fourth-order valence-corrected chi connectivity index (χ4v) is 2.14. The zero-order valence-corrected chi connectivity index (χ0v) is 8.44. The maximum Gasteiger partial charge on any atom is 0.0536 e. The van der Waals surface area contributed by atoms with Crippen molar-refractivity contribution >= 4 is 11.6 Å². The van der Waals surface area contributed by atoms with Crippen molar-refractivity contribution in [2.45, 2.75) is 26.2 Å². The summed E-state index contributed by atoms with van der Waals surface area (Å²) < 4.78 is 5.66. The second-order valence-corrected chi connectivity index (χ2v) is 4.83. The quantitative estimate of drug-likeness (QED) is 0.603. The third-order valence-electron chi connectivity index (χ3n) is 3.30. The number of ether oxygens (including phenoxy) is 1. The zero-order valence-electron chi connectivity index (χ0n) is 7.68. The minimum Gasteiger partial charge on any atom is -0.381 e. The lowest BCUT2D eigenvalue weighted by Crippen LogP contribution is -2.15. The maximum absolute atomic E-state index is 5.90. The van der Waals surface area contributed by atoms with E-state index in [0.717, 1.165) is 30.9 Å². The monoisotopic (exact) mass is 188 g/mol. The molecule has 0 N–H and O–H groups in total. The molecule has 0 bridgehead atoms. The van der Waals surface area contributed by atoms with Crippen molar-refractivity contribution in [2.24, 2.45) is 17.3 Å². The van der Waals surface area contributed by atoms with Crippen LogP contribution in [0.1, 0.15) is 26.2 Å². The molecule has 0 saturated heterocycles. The van der Waals surface area contributed by atoms with Gasteiger partial charge in [0.1, 0.15) is 0 Å². The molecule has 2 rings (SSSR count). The average molecular weight is 189 g/mol. The minimum atomic E-state index is 0.358. The first-order valence-electron chi connectivity index (χ1n) is 4.90. The molecule has 2 heteroatoms. The molecule has 0 aromatic rings. The van der Waals surface area contributed by atoms with Crippen LogP contribution in [0.4, 0.5) is 0 Å². The van der Waals surface area contributed by atoms with Gasteiger partial charge in [-0.2, -0.15) is 0 Å². The number of halogens is 1. The lowest BCUT2D eigenvalue weighted by molar-refractivity contribution is 0.0849. The largest absolute Gasteiger partial charge is 0.381 e. The molecule has 0 aromatic heterocycles. The molecule has 70 valence electrons. The van der Waals surface area contributed by atoms with E-state index in [1.807, 2.05) is 0 Å². The standard InChI is InChI=1S/C10H17ClO/c1-8-4-10(8,6-11)7-12-5-9-2-3-9/h8-9H,2-7H2,1H3. The molecule has 2 atom stereocenters. The van der Waals surface area contributed by atoms with Gasteiger partial charge < -0.3 is 4.74 Å². The maximum atomic E-state index is 5.90. The summed E-state index contributed by atoms with van der Waals surface area (Å²) in [6.07, 6.45) is 4.02. The summed E-state index contributed by atoms with van der Waals surface area (Å²) in [5, 5.41) is 0. The molecule has 0 aliphatic heterocycles. The first-order valence-corrected chi connectivity index (χ1v) is 5.44. The molecule has 2 saturated carbocycles. The summed E-state index contributed by atoms with van der Waals surface area (Å²) >= 11 is 5.90. The van der Waals surface area contributed by atoms with Crippen molar-refractivity contribution in [1.82, 2.24) is 0 Å². The smallest absolute Gasteiger partial charge is 0.0536 e. The Bertz CT molecular complexity index is 163. The van der Waals surface area contributed by atoms with Crippen molar-refractivity contribution in [2.75, 3.05) is 19.1 Å². The Kier molecular flexibility index (Phi) is 2.35. The van der Waals surface area contributed by atoms with Gasteiger partial charge in [0.2, 0.25) is 0 Å². The van der Waals surface area contributed by atoms with Crippen LogP contribution >= 0.6 is 11.6 Å². The number of hydrogen-bond acceptors (Lipinski definition) is 1. The fraction of sp³-hybridized carbons (Fsp3) is 1.00. The van der Waals surface area contributed by atoms with Gasteiger partial charge in [-0.1, -0.05) is 6.92 Å². The van der Waals surface area contributed by atoms with Crippen molar-refractivity contribution in [3.05, 3.63) is 0 Å². The van der Waals surface area contributed by atoms with Gasteiger partial charge in [-0.05, 0) is 31.1 Å². The highest BCUT2D eigenvalue weighted by molar-refractivity contribution is 6.18. The van der Waals surface area contributed by atoms with Gasteiger partial charge in [0.05, 0.1) is 6.61 Å². The van der Waals surface area contributed by atoms with Crippen molar-refractivity contribution in [3.8, 4) is 0 Å². The number of hydrogen-bond donors (Lipinski definition) is 0. The van der Waals surface area contributed by atoms with E-state index in [-0.39, 0.29) is 0 Å². The predicted octanol–water partition coefficient (Wildman–Crippen LogP) is 2.68. The average Bonchev–Trinajstić information content (AvgIpc) is 2.92.